The van der Waals surface area contributed by atoms with Crippen molar-refractivity contribution in [3.63, 3.8) is 0 Å². The van der Waals surface area contributed by atoms with Crippen LogP contribution < -0.4 is 19.9 Å². The van der Waals surface area contributed by atoms with E-state index in [9.17, 15) is 10.1 Å². The average Bonchev–Trinajstić information content (AvgIpc) is 2.87. The lowest BCUT2D eigenvalue weighted by molar-refractivity contribution is -0.136. The van der Waals surface area contributed by atoms with Crippen LogP contribution in [0.3, 0.4) is 0 Å². The Labute approximate surface area is 202 Å². The van der Waals surface area contributed by atoms with E-state index < -0.39 is 5.97 Å². The van der Waals surface area contributed by atoms with Gasteiger partial charge in [-0.1, -0.05) is 37.3 Å². The number of aryl methyl sites for hydroxylation is 1. The van der Waals surface area contributed by atoms with Crippen molar-refractivity contribution in [2.45, 2.75) is 24.2 Å². The highest BCUT2D eigenvalue weighted by Gasteiger charge is 2.31. The van der Waals surface area contributed by atoms with Crippen molar-refractivity contribution in [3.8, 4) is 23.3 Å². The summed E-state index contributed by atoms with van der Waals surface area (Å²) in [7, 11) is 0. The molecule has 1 aliphatic heterocycles. The predicted octanol–water partition coefficient (Wildman–Crippen LogP) is 5.17. The highest BCUT2D eigenvalue weighted by atomic mass is 32.2. The second kappa shape index (κ2) is 10.4. The molecule has 0 saturated carbocycles. The van der Waals surface area contributed by atoms with E-state index in [-0.39, 0.29) is 18.4 Å². The fourth-order valence-corrected chi connectivity index (χ4v) is 4.17. The normalized spacial score (nSPS) is 14.6. The minimum atomic E-state index is -0.541. The fraction of sp³-hybridized carbons (Fsp3) is 0.185. The summed E-state index contributed by atoms with van der Waals surface area (Å²) >= 11 is 1.64. The number of hydrogen-bond donors (Lipinski definition) is 1. The van der Waals surface area contributed by atoms with Gasteiger partial charge in [-0.2, -0.15) is 5.26 Å². The lowest BCUT2D eigenvalue weighted by atomic mass is 9.83. The summed E-state index contributed by atoms with van der Waals surface area (Å²) < 4.78 is 16.7. The quantitative estimate of drug-likeness (QED) is 0.288. The monoisotopic (exact) mass is 472 g/mol. The van der Waals surface area contributed by atoms with Gasteiger partial charge in [0.2, 0.25) is 5.88 Å². The van der Waals surface area contributed by atoms with Crippen LogP contribution in [0, 0.1) is 11.3 Å². The second-order valence-corrected chi connectivity index (χ2v) is 8.54. The van der Waals surface area contributed by atoms with Crippen LogP contribution in [0.4, 0.5) is 0 Å². The van der Waals surface area contributed by atoms with Crippen LogP contribution in [0.2, 0.25) is 0 Å². The number of carbonyl (C=O) groups is 1. The Morgan fingerprint density at radius 2 is 1.79 bits per heavy atom. The molecule has 1 unspecified atom stereocenters. The van der Waals surface area contributed by atoms with Gasteiger partial charge in [-0.25, -0.2) is 4.79 Å². The second-order valence-electron chi connectivity index (χ2n) is 7.66. The molecule has 3 aromatic carbocycles. The molecule has 0 bridgehead atoms. The molecule has 6 nitrogen and oxygen atoms in total. The van der Waals surface area contributed by atoms with Crippen molar-refractivity contribution in [1.82, 2.24) is 0 Å². The summed E-state index contributed by atoms with van der Waals surface area (Å²) in [5, 5.41) is 9.72. The molecule has 7 heteroatoms. The van der Waals surface area contributed by atoms with Gasteiger partial charge in [0, 0.05) is 16.5 Å². The Kier molecular flexibility index (Phi) is 7.09. The number of thioether (sulfide) groups is 1. The molecule has 0 aliphatic carbocycles. The third-order valence-corrected chi connectivity index (χ3v) is 6.30. The number of nitrogens with zero attached hydrogens (tertiary/aromatic N) is 1. The van der Waals surface area contributed by atoms with Crippen molar-refractivity contribution < 1.29 is 19.0 Å². The zero-order chi connectivity index (χ0) is 24.1. The molecule has 4 rings (SSSR count). The van der Waals surface area contributed by atoms with Gasteiger partial charge in [-0.3, -0.25) is 0 Å². The number of ether oxygens (including phenoxy) is 3. The van der Waals surface area contributed by atoms with Crippen LogP contribution in [-0.4, -0.2) is 18.8 Å². The summed E-state index contributed by atoms with van der Waals surface area (Å²) in [5.74, 6) is 0.469. The average molecular weight is 473 g/mol. The van der Waals surface area contributed by atoms with Gasteiger partial charge in [0.1, 0.15) is 28.9 Å². The maximum atomic E-state index is 12.3. The molecule has 0 spiro atoms. The largest absolute Gasteiger partial charge is 0.482 e. The van der Waals surface area contributed by atoms with Crippen LogP contribution in [0.15, 0.2) is 83.1 Å². The molecule has 3 aromatic rings. The van der Waals surface area contributed by atoms with E-state index in [1.54, 1.807) is 30.0 Å². The van der Waals surface area contributed by atoms with E-state index in [1.165, 1.54) is 5.56 Å². The van der Waals surface area contributed by atoms with Gasteiger partial charge in [0.05, 0.1) is 5.92 Å². The highest BCUT2D eigenvalue weighted by Crippen LogP contribution is 2.43. The Morgan fingerprint density at radius 1 is 1.09 bits per heavy atom. The van der Waals surface area contributed by atoms with E-state index in [0.717, 1.165) is 22.4 Å². The number of benzene rings is 3. The lowest BCUT2D eigenvalue weighted by Crippen LogP contribution is -2.21. The van der Waals surface area contributed by atoms with E-state index >= 15 is 0 Å². The van der Waals surface area contributed by atoms with Crippen molar-refractivity contribution in [1.29, 1.82) is 5.26 Å². The van der Waals surface area contributed by atoms with Crippen LogP contribution in [0.25, 0.3) is 0 Å². The summed E-state index contributed by atoms with van der Waals surface area (Å²) in [6.07, 6.45) is 2.94. The Hall–Kier alpha value is -3.89. The van der Waals surface area contributed by atoms with Crippen LogP contribution in [0.1, 0.15) is 29.5 Å². The highest BCUT2D eigenvalue weighted by molar-refractivity contribution is 7.98. The van der Waals surface area contributed by atoms with Gasteiger partial charge in [0.25, 0.3) is 0 Å². The first-order valence-electron chi connectivity index (χ1n) is 10.8. The van der Waals surface area contributed by atoms with Gasteiger partial charge in [-0.15, -0.1) is 11.8 Å². The van der Waals surface area contributed by atoms with E-state index in [0.29, 0.717) is 22.8 Å². The summed E-state index contributed by atoms with van der Waals surface area (Å²) in [6.45, 7) is 1.85. The third kappa shape index (κ3) is 5.03. The van der Waals surface area contributed by atoms with Crippen molar-refractivity contribution >= 4 is 17.7 Å². The first kappa shape index (κ1) is 23.3. The lowest BCUT2D eigenvalue weighted by Gasteiger charge is -2.26. The van der Waals surface area contributed by atoms with E-state index in [1.807, 2.05) is 54.8 Å². The predicted molar refractivity (Wildman–Crippen MR) is 131 cm³/mol. The van der Waals surface area contributed by atoms with Gasteiger partial charge in [0.15, 0.2) is 6.61 Å². The maximum Gasteiger partial charge on any atom is 0.349 e. The number of fused-ring (bicyclic) bond motifs is 1. The molecule has 34 heavy (non-hydrogen) atoms. The third-order valence-electron chi connectivity index (χ3n) is 5.56. The smallest absolute Gasteiger partial charge is 0.349 e. The zero-order valence-electron chi connectivity index (χ0n) is 18.9. The summed E-state index contributed by atoms with van der Waals surface area (Å²) in [5.41, 5.74) is 9.31. The van der Waals surface area contributed by atoms with Gasteiger partial charge >= 0.3 is 5.97 Å². The number of allylic oxidation sites excluding steroid dienone is 1. The van der Waals surface area contributed by atoms with Gasteiger partial charge < -0.3 is 19.9 Å². The number of esters is 1. The molecule has 0 radical (unpaired) electrons. The Balaban J connectivity index is 1.51. The number of nitriles is 1. The molecule has 1 atom stereocenters. The van der Waals surface area contributed by atoms with Crippen LogP contribution in [-0.2, 0) is 11.2 Å². The summed E-state index contributed by atoms with van der Waals surface area (Å²) in [4.78, 5) is 13.4. The molecule has 0 fully saturated rings. The minimum absolute atomic E-state index is 0.0382. The maximum absolute atomic E-state index is 12.3. The standard InChI is InChI=1S/C27H24N2O4S/c1-3-17-4-8-19(9-5-17)31-16-25(30)32-20-10-13-22-24(14-20)33-27(29)23(15-28)26(22)18-6-11-21(34-2)12-7-18/h4-14,26H,3,16,29H2,1-2H3. The van der Waals surface area contributed by atoms with Crippen LogP contribution >= 0.6 is 11.8 Å². The number of rotatable bonds is 7. The molecule has 1 aliphatic rings. The minimum Gasteiger partial charge on any atom is -0.482 e. The first-order valence-corrected chi connectivity index (χ1v) is 12.0. The molecule has 2 N–H and O–H groups in total. The molecule has 1 heterocycles. The number of carbonyl (C=O) groups excluding carboxylic acids is 1. The molecular formula is C27H24N2O4S. The molecular weight excluding hydrogens is 448 g/mol. The molecule has 0 aromatic heterocycles. The van der Waals surface area contributed by atoms with E-state index in [4.69, 9.17) is 19.9 Å². The zero-order valence-corrected chi connectivity index (χ0v) is 19.7. The summed E-state index contributed by atoms with van der Waals surface area (Å²) in [6, 6.07) is 22.8. The molecule has 0 saturated heterocycles. The van der Waals surface area contributed by atoms with Gasteiger partial charge in [-0.05, 0) is 54.1 Å². The first-order chi connectivity index (χ1) is 16.5. The van der Waals surface area contributed by atoms with Crippen molar-refractivity contribution in [2.24, 2.45) is 5.73 Å². The number of hydrogen-bond acceptors (Lipinski definition) is 7. The Morgan fingerprint density at radius 3 is 2.44 bits per heavy atom. The van der Waals surface area contributed by atoms with Crippen LogP contribution in [0.5, 0.6) is 17.2 Å². The molecule has 172 valence electrons. The SMILES string of the molecule is CCc1ccc(OCC(=O)Oc2ccc3c(c2)OC(N)=C(C#N)C3c2ccc(SC)cc2)cc1. The fourth-order valence-electron chi connectivity index (χ4n) is 3.76. The van der Waals surface area contributed by atoms with Crippen molar-refractivity contribution in [2.75, 3.05) is 12.9 Å². The van der Waals surface area contributed by atoms with E-state index in [2.05, 4.69) is 13.0 Å². The molecule has 0 amide bonds. The number of nitrogens with two attached hydrogens (primary N) is 1. The topological polar surface area (TPSA) is 94.6 Å². The Bertz CT molecular complexity index is 1260. The van der Waals surface area contributed by atoms with Crippen molar-refractivity contribution in [3.05, 3.63) is 94.9 Å².